The number of esters is 2. The van der Waals surface area contributed by atoms with Crippen LogP contribution in [0.2, 0.25) is 0 Å². The van der Waals surface area contributed by atoms with Gasteiger partial charge in [0.05, 0.1) is 0 Å². The molecule has 6 aromatic carbocycles. The van der Waals surface area contributed by atoms with Crippen LogP contribution in [0.4, 0.5) is 0 Å². The van der Waals surface area contributed by atoms with Crippen LogP contribution in [-0.2, 0) is 30.3 Å². The van der Waals surface area contributed by atoms with Gasteiger partial charge in [0.15, 0.2) is 17.0 Å². The molecule has 0 aromatic heterocycles. The van der Waals surface area contributed by atoms with Crippen molar-refractivity contribution in [2.45, 2.75) is 25.0 Å². The van der Waals surface area contributed by atoms with Gasteiger partial charge in [0.2, 0.25) is 0 Å². The first-order valence-corrected chi connectivity index (χ1v) is 17.2. The third kappa shape index (κ3) is 5.22. The molecule has 0 N–H and O–H groups in total. The van der Waals surface area contributed by atoms with Crippen molar-refractivity contribution < 1.29 is 28.6 Å². The van der Waals surface area contributed by atoms with Crippen molar-refractivity contribution in [1.82, 2.24) is 0 Å². The normalized spacial score (nSPS) is 17.9. The molecule has 2 atom stereocenters. The van der Waals surface area contributed by atoms with Crippen LogP contribution in [0.15, 0.2) is 170 Å². The van der Waals surface area contributed by atoms with Gasteiger partial charge in [-0.15, -0.1) is 0 Å². The average molecular weight is 695 g/mol. The molecule has 0 saturated carbocycles. The van der Waals surface area contributed by atoms with Gasteiger partial charge in [-0.05, 0) is 55.3 Å². The Labute approximate surface area is 307 Å². The van der Waals surface area contributed by atoms with Gasteiger partial charge in [0, 0.05) is 55.7 Å². The van der Waals surface area contributed by atoms with E-state index >= 15 is 0 Å². The van der Waals surface area contributed by atoms with E-state index in [1.165, 1.54) is 0 Å². The highest BCUT2D eigenvalue weighted by Gasteiger charge is 2.50. The predicted octanol–water partition coefficient (Wildman–Crippen LogP) is 9.83. The summed E-state index contributed by atoms with van der Waals surface area (Å²) in [7, 11) is 0. The van der Waals surface area contributed by atoms with Gasteiger partial charge < -0.3 is 14.2 Å². The molecule has 1 aliphatic carbocycles. The molecule has 1 aliphatic heterocycles. The van der Waals surface area contributed by atoms with Crippen molar-refractivity contribution in [1.29, 1.82) is 0 Å². The molecule has 0 amide bonds. The monoisotopic (exact) mass is 694 g/mol. The molecule has 8 rings (SSSR count). The van der Waals surface area contributed by atoms with Gasteiger partial charge >= 0.3 is 11.9 Å². The summed E-state index contributed by atoms with van der Waals surface area (Å²) in [5.74, 6) is -0.248. The largest absolute Gasteiger partial charge is 0.456 e. The van der Waals surface area contributed by atoms with E-state index in [1.54, 1.807) is 32.0 Å². The SMILES string of the molecule is C=C(C)C(=O)OC1(c2ccccc2)c2ccccc2Oc2ccc(-c3ccc4c(c3)C(OC(=O)C(=C)C)(c3ccccc3)c3ccccc3C4=O)cc21. The van der Waals surface area contributed by atoms with E-state index in [9.17, 15) is 14.4 Å². The smallest absolute Gasteiger partial charge is 0.334 e. The summed E-state index contributed by atoms with van der Waals surface area (Å²) in [5.41, 5.74) is 3.69. The second kappa shape index (κ2) is 12.8. The lowest BCUT2D eigenvalue weighted by Gasteiger charge is -2.41. The first-order valence-electron chi connectivity index (χ1n) is 17.2. The topological polar surface area (TPSA) is 78.9 Å². The first-order chi connectivity index (χ1) is 25.6. The zero-order valence-corrected chi connectivity index (χ0v) is 29.2. The van der Waals surface area contributed by atoms with Crippen LogP contribution < -0.4 is 4.74 Å². The van der Waals surface area contributed by atoms with Gasteiger partial charge in [0.25, 0.3) is 0 Å². The number of benzene rings is 6. The van der Waals surface area contributed by atoms with Crippen molar-refractivity contribution in [3.8, 4) is 22.6 Å². The van der Waals surface area contributed by atoms with Crippen molar-refractivity contribution in [2.75, 3.05) is 0 Å². The Morgan fingerprint density at radius 1 is 0.509 bits per heavy atom. The third-order valence-corrected chi connectivity index (χ3v) is 9.92. The molecule has 1 heterocycles. The predicted molar refractivity (Wildman–Crippen MR) is 203 cm³/mol. The average Bonchev–Trinajstić information content (AvgIpc) is 3.19. The highest BCUT2D eigenvalue weighted by Crippen LogP contribution is 2.54. The number of ketones is 1. The Kier molecular flexibility index (Phi) is 8.03. The van der Waals surface area contributed by atoms with Crippen LogP contribution in [0.1, 0.15) is 63.1 Å². The number of fused-ring (bicyclic) bond motifs is 4. The van der Waals surface area contributed by atoms with Crippen LogP contribution >= 0.6 is 0 Å². The lowest BCUT2D eigenvalue weighted by molar-refractivity contribution is -0.149. The minimum absolute atomic E-state index is 0.176. The quantitative estimate of drug-likeness (QED) is 0.122. The lowest BCUT2D eigenvalue weighted by Crippen LogP contribution is -2.41. The third-order valence-electron chi connectivity index (χ3n) is 9.92. The fourth-order valence-electron chi connectivity index (χ4n) is 7.43. The molecule has 0 spiro atoms. The van der Waals surface area contributed by atoms with E-state index in [0.717, 1.165) is 16.7 Å². The minimum atomic E-state index is -1.48. The minimum Gasteiger partial charge on any atom is -0.456 e. The highest BCUT2D eigenvalue weighted by atomic mass is 16.6. The van der Waals surface area contributed by atoms with Crippen LogP contribution in [-0.4, -0.2) is 17.7 Å². The van der Waals surface area contributed by atoms with Crippen LogP contribution in [0.3, 0.4) is 0 Å². The maximum atomic E-state index is 14.2. The molecule has 0 fully saturated rings. The number of carbonyl (C=O) groups is 3. The number of hydrogen-bond acceptors (Lipinski definition) is 6. The second-order valence-electron chi connectivity index (χ2n) is 13.4. The van der Waals surface area contributed by atoms with Crippen molar-refractivity contribution >= 4 is 17.7 Å². The van der Waals surface area contributed by atoms with Crippen LogP contribution in [0.25, 0.3) is 11.1 Å². The zero-order valence-electron chi connectivity index (χ0n) is 29.2. The zero-order chi connectivity index (χ0) is 36.9. The molecule has 0 radical (unpaired) electrons. The summed E-state index contributed by atoms with van der Waals surface area (Å²) in [6.45, 7) is 11.0. The Bertz CT molecular complexity index is 2500. The van der Waals surface area contributed by atoms with E-state index in [1.807, 2.05) is 127 Å². The van der Waals surface area contributed by atoms with E-state index < -0.39 is 23.1 Å². The summed E-state index contributed by atoms with van der Waals surface area (Å²) < 4.78 is 19.5. The van der Waals surface area contributed by atoms with Gasteiger partial charge in [-0.1, -0.05) is 128 Å². The molecule has 6 aromatic rings. The Morgan fingerprint density at radius 2 is 0.962 bits per heavy atom. The fourth-order valence-corrected chi connectivity index (χ4v) is 7.43. The van der Waals surface area contributed by atoms with Gasteiger partial charge in [-0.3, -0.25) is 4.79 Å². The number of carbonyl (C=O) groups excluding carboxylic acids is 3. The molecule has 6 heteroatoms. The maximum Gasteiger partial charge on any atom is 0.334 e. The number of rotatable bonds is 7. The van der Waals surface area contributed by atoms with Crippen molar-refractivity contribution in [3.05, 3.63) is 214 Å². The molecule has 0 bridgehead atoms. The number of hydrogen-bond donors (Lipinski definition) is 0. The summed E-state index contributed by atoms with van der Waals surface area (Å²) in [6, 6.07) is 45.1. The van der Waals surface area contributed by atoms with Crippen LogP contribution in [0.5, 0.6) is 11.5 Å². The summed E-state index contributed by atoms with van der Waals surface area (Å²) in [5, 5.41) is 0. The number of ether oxygens (including phenoxy) is 3. The summed E-state index contributed by atoms with van der Waals surface area (Å²) in [6.07, 6.45) is 0. The number of para-hydroxylation sites is 1. The van der Waals surface area contributed by atoms with E-state index in [-0.39, 0.29) is 16.9 Å². The first kappa shape index (κ1) is 33.4. The molecule has 53 heavy (non-hydrogen) atoms. The Hall–Kier alpha value is -6.79. The molecule has 258 valence electrons. The van der Waals surface area contributed by atoms with E-state index in [2.05, 4.69) is 13.2 Å². The van der Waals surface area contributed by atoms with E-state index in [0.29, 0.717) is 50.4 Å². The molecular formula is C47H34O6. The van der Waals surface area contributed by atoms with Crippen molar-refractivity contribution in [2.24, 2.45) is 0 Å². The summed E-state index contributed by atoms with van der Waals surface area (Å²) in [4.78, 5) is 41.3. The highest BCUT2D eigenvalue weighted by molar-refractivity contribution is 6.14. The van der Waals surface area contributed by atoms with Crippen molar-refractivity contribution in [3.63, 3.8) is 0 Å². The van der Waals surface area contributed by atoms with E-state index in [4.69, 9.17) is 14.2 Å². The second-order valence-corrected chi connectivity index (χ2v) is 13.4. The molecular weight excluding hydrogens is 661 g/mol. The molecule has 0 saturated heterocycles. The van der Waals surface area contributed by atoms with Gasteiger partial charge in [-0.2, -0.15) is 0 Å². The lowest BCUT2D eigenvalue weighted by atomic mass is 9.70. The van der Waals surface area contributed by atoms with Gasteiger partial charge in [-0.25, -0.2) is 9.59 Å². The molecule has 6 nitrogen and oxygen atoms in total. The van der Waals surface area contributed by atoms with Crippen LogP contribution in [0, 0.1) is 0 Å². The van der Waals surface area contributed by atoms with Gasteiger partial charge in [0.1, 0.15) is 11.5 Å². The molecule has 2 aliphatic rings. The fraction of sp³-hybridized carbons (Fsp3) is 0.0851. The summed E-state index contributed by atoms with van der Waals surface area (Å²) >= 11 is 0. The Morgan fingerprint density at radius 3 is 1.57 bits per heavy atom. The molecule has 2 unspecified atom stereocenters. The Balaban J connectivity index is 1.39. The standard InChI is InChI=1S/C47H34O6/c1-29(2)44(49)52-46(33-15-7-5-8-16-33)37-20-12-11-19-35(37)43(48)36-25-23-31(27-39(36)46)32-24-26-42-40(28-32)47(53-45(50)30(3)4,34-17-9-6-10-18-34)38-21-13-14-22-41(38)51-42/h5-28H,1,3H2,2,4H3. The maximum absolute atomic E-state index is 14.2.